The van der Waals surface area contributed by atoms with Gasteiger partial charge in [-0.1, -0.05) is 26.1 Å². The third-order valence-electron chi connectivity index (χ3n) is 2.20. The Morgan fingerprint density at radius 1 is 1.45 bits per heavy atom. The van der Waals surface area contributed by atoms with Crippen LogP contribution in [0.15, 0.2) is 0 Å². The van der Waals surface area contributed by atoms with Gasteiger partial charge in [0, 0.05) is 5.75 Å². The molecule has 0 aliphatic heterocycles. The van der Waals surface area contributed by atoms with Crippen molar-refractivity contribution in [2.24, 2.45) is 0 Å². The Labute approximate surface area is 76.4 Å². The van der Waals surface area contributed by atoms with Crippen molar-refractivity contribution in [1.29, 1.82) is 0 Å². The predicted molar refractivity (Wildman–Crippen MR) is 56.3 cm³/mol. The zero-order chi connectivity index (χ0) is 8.74. The van der Waals surface area contributed by atoms with Crippen molar-refractivity contribution in [3.05, 3.63) is 0 Å². The number of hydrogen-bond acceptors (Lipinski definition) is 2. The van der Waals surface area contributed by atoms with Gasteiger partial charge in [0.15, 0.2) is 0 Å². The summed E-state index contributed by atoms with van der Waals surface area (Å²) in [5, 5.41) is 9.78. The van der Waals surface area contributed by atoms with Crippen molar-refractivity contribution in [2.45, 2.75) is 44.5 Å². The number of hydrogen-bond donors (Lipinski definition) is 2. The second-order valence-corrected chi connectivity index (χ2v) is 3.51. The highest BCUT2D eigenvalue weighted by molar-refractivity contribution is 7.80. The van der Waals surface area contributed by atoms with Crippen LogP contribution in [0.25, 0.3) is 0 Å². The molecule has 1 unspecified atom stereocenters. The molecule has 0 spiro atoms. The van der Waals surface area contributed by atoms with Crippen LogP contribution in [-0.4, -0.2) is 24.3 Å². The molecule has 3 heteroatoms. The van der Waals surface area contributed by atoms with Gasteiger partial charge in [-0.15, -0.1) is 0 Å². The molecule has 0 bridgehead atoms. The van der Waals surface area contributed by atoms with Crippen molar-refractivity contribution in [3.63, 3.8) is 0 Å². The molecule has 0 aromatic rings. The van der Waals surface area contributed by atoms with Crippen molar-refractivity contribution < 1.29 is 5.11 Å². The van der Waals surface area contributed by atoms with E-state index in [4.69, 9.17) is 0 Å². The van der Waals surface area contributed by atoms with Gasteiger partial charge in [0.25, 0.3) is 0 Å². The molecular weight excluding hydrogens is 155 g/mol. The van der Waals surface area contributed by atoms with E-state index in [1.165, 1.54) is 12.7 Å². The van der Waals surface area contributed by atoms with Gasteiger partial charge in [-0.2, -0.15) is 12.6 Å². The Hall–Kier alpha value is 0.375. The lowest BCUT2D eigenvalue weighted by Crippen LogP contribution is -2.29. The molecule has 0 aromatic heterocycles. The highest BCUT2D eigenvalue weighted by Gasteiger charge is 2.21. The van der Waals surface area contributed by atoms with E-state index in [9.17, 15) is 5.11 Å². The Morgan fingerprint density at radius 3 is 2.45 bits per heavy atom. The fourth-order valence-corrected chi connectivity index (χ4v) is 1.45. The van der Waals surface area contributed by atoms with Crippen molar-refractivity contribution >= 4 is 20.5 Å². The summed E-state index contributed by atoms with van der Waals surface area (Å²) in [6.45, 7) is 2.02. The summed E-state index contributed by atoms with van der Waals surface area (Å²) >= 11 is 4.13. The summed E-state index contributed by atoms with van der Waals surface area (Å²) in [5.74, 6) is 0.590. The lowest BCUT2D eigenvalue weighted by atomic mass is 9.92. The minimum absolute atomic E-state index is 0.502. The van der Waals surface area contributed by atoms with Crippen LogP contribution in [0.3, 0.4) is 0 Å². The highest BCUT2D eigenvalue weighted by atomic mass is 32.1. The fraction of sp³-hybridized carbons (Fsp3) is 1.00. The molecular formula is C8H19BOS. The van der Waals surface area contributed by atoms with Gasteiger partial charge in [-0.3, -0.25) is 0 Å². The van der Waals surface area contributed by atoms with E-state index in [2.05, 4.69) is 20.5 Å². The van der Waals surface area contributed by atoms with Crippen LogP contribution < -0.4 is 0 Å². The normalized spacial score (nSPS) is 16.3. The molecule has 0 aromatic carbocycles. The second-order valence-electron chi connectivity index (χ2n) is 3.19. The molecule has 1 N–H and O–H groups in total. The van der Waals surface area contributed by atoms with Crippen LogP contribution in [0.5, 0.6) is 0 Å². The maximum atomic E-state index is 9.78. The number of aliphatic hydroxyl groups is 1. The summed E-state index contributed by atoms with van der Waals surface area (Å²) in [4.78, 5) is 0. The minimum Gasteiger partial charge on any atom is -0.389 e. The van der Waals surface area contributed by atoms with Crippen molar-refractivity contribution in [2.75, 3.05) is 5.75 Å². The topological polar surface area (TPSA) is 20.2 Å². The lowest BCUT2D eigenvalue weighted by molar-refractivity contribution is 0.0501. The van der Waals surface area contributed by atoms with E-state index in [0.29, 0.717) is 5.75 Å². The number of thiol groups is 1. The first-order valence-corrected chi connectivity index (χ1v) is 5.15. The van der Waals surface area contributed by atoms with Gasteiger partial charge >= 0.3 is 0 Å². The van der Waals surface area contributed by atoms with Gasteiger partial charge in [0.1, 0.15) is 7.85 Å². The summed E-state index contributed by atoms with van der Waals surface area (Å²) in [6.07, 6.45) is 5.28. The Kier molecular flexibility index (Phi) is 6.16. The van der Waals surface area contributed by atoms with Gasteiger partial charge in [0.05, 0.1) is 5.60 Å². The zero-order valence-corrected chi connectivity index (χ0v) is 8.53. The lowest BCUT2D eigenvalue weighted by Gasteiger charge is -2.24. The molecule has 0 saturated heterocycles. The average molecular weight is 174 g/mol. The van der Waals surface area contributed by atoms with Gasteiger partial charge in [-0.05, 0) is 12.8 Å². The molecule has 1 atom stereocenters. The van der Waals surface area contributed by atoms with E-state index >= 15 is 0 Å². The van der Waals surface area contributed by atoms with Crippen LogP contribution in [0.2, 0.25) is 6.32 Å². The van der Waals surface area contributed by atoms with Crippen LogP contribution in [-0.2, 0) is 0 Å². The molecule has 66 valence electrons. The Bertz CT molecular complexity index is 94.1. The maximum Gasteiger partial charge on any atom is 0.101 e. The average Bonchev–Trinajstić information content (AvgIpc) is 2.05. The first-order valence-electron chi connectivity index (χ1n) is 4.51. The SMILES string of the molecule is BCCCCC(O)(CC)CS. The van der Waals surface area contributed by atoms with E-state index in [0.717, 1.165) is 19.3 Å². The minimum atomic E-state index is -0.502. The molecule has 0 heterocycles. The summed E-state index contributed by atoms with van der Waals surface area (Å²) in [5.41, 5.74) is -0.502. The molecule has 0 fully saturated rings. The van der Waals surface area contributed by atoms with Crippen LogP contribution in [0.4, 0.5) is 0 Å². The zero-order valence-electron chi connectivity index (χ0n) is 7.64. The fourth-order valence-electron chi connectivity index (χ4n) is 1.07. The van der Waals surface area contributed by atoms with E-state index in [1.807, 2.05) is 6.92 Å². The molecule has 0 rings (SSSR count). The molecule has 0 radical (unpaired) electrons. The van der Waals surface area contributed by atoms with Gasteiger partial charge < -0.3 is 5.11 Å². The van der Waals surface area contributed by atoms with Crippen LogP contribution in [0, 0.1) is 0 Å². The van der Waals surface area contributed by atoms with E-state index in [1.54, 1.807) is 0 Å². The molecule has 0 aliphatic carbocycles. The monoisotopic (exact) mass is 174 g/mol. The first-order chi connectivity index (χ1) is 5.18. The molecule has 0 amide bonds. The largest absolute Gasteiger partial charge is 0.389 e. The smallest absolute Gasteiger partial charge is 0.101 e. The summed E-state index contributed by atoms with van der Waals surface area (Å²) in [6, 6.07) is 0. The Morgan fingerprint density at radius 2 is 2.09 bits per heavy atom. The number of rotatable bonds is 6. The molecule has 11 heavy (non-hydrogen) atoms. The molecule has 0 saturated carbocycles. The second kappa shape index (κ2) is 5.95. The van der Waals surface area contributed by atoms with Gasteiger partial charge in [-0.25, -0.2) is 0 Å². The highest BCUT2D eigenvalue weighted by Crippen LogP contribution is 2.19. The van der Waals surface area contributed by atoms with Gasteiger partial charge in [0.2, 0.25) is 0 Å². The van der Waals surface area contributed by atoms with Crippen LogP contribution >= 0.6 is 12.6 Å². The van der Waals surface area contributed by atoms with Crippen molar-refractivity contribution in [3.8, 4) is 0 Å². The van der Waals surface area contributed by atoms with Crippen LogP contribution in [0.1, 0.15) is 32.6 Å². The van der Waals surface area contributed by atoms with Crippen molar-refractivity contribution in [1.82, 2.24) is 0 Å². The number of unbranched alkanes of at least 4 members (excludes halogenated alkanes) is 1. The van der Waals surface area contributed by atoms with E-state index < -0.39 is 5.60 Å². The summed E-state index contributed by atoms with van der Waals surface area (Å²) in [7, 11) is 2.17. The quantitative estimate of drug-likeness (QED) is 0.353. The third kappa shape index (κ3) is 4.75. The van der Waals surface area contributed by atoms with E-state index in [-0.39, 0.29) is 0 Å². The Balaban J connectivity index is 3.51. The molecule has 1 nitrogen and oxygen atoms in total. The first kappa shape index (κ1) is 11.4. The maximum absolute atomic E-state index is 9.78. The summed E-state index contributed by atoms with van der Waals surface area (Å²) < 4.78 is 0. The third-order valence-corrected chi connectivity index (χ3v) is 2.79. The standard InChI is InChI=1S/C8H19BOS/c1-2-8(10,7-11)5-3-4-6-9/h10-11H,2-7,9H2,1H3. The predicted octanol–water partition coefficient (Wildman–Crippen LogP) is 1.28. The molecule has 0 aliphatic rings.